The lowest BCUT2D eigenvalue weighted by Gasteiger charge is -2.20. The normalized spacial score (nSPS) is 19.6. The van der Waals surface area contributed by atoms with Gasteiger partial charge in [-0.3, -0.25) is 19.4 Å². The molecule has 0 aromatic heterocycles. The monoisotopic (exact) mass is 443 g/mol. The molecule has 2 unspecified atom stereocenters. The summed E-state index contributed by atoms with van der Waals surface area (Å²) >= 11 is 5.88. The first-order chi connectivity index (χ1) is 14.9. The fourth-order valence-corrected chi connectivity index (χ4v) is 3.56. The summed E-state index contributed by atoms with van der Waals surface area (Å²) in [4.78, 5) is 39.3. The number of anilines is 2. The molecule has 2 aliphatic rings. The van der Waals surface area contributed by atoms with E-state index < -0.39 is 29.8 Å². The van der Waals surface area contributed by atoms with E-state index in [-0.39, 0.29) is 6.54 Å². The number of ether oxygens (including phenoxy) is 2. The molecule has 2 heterocycles. The first kappa shape index (κ1) is 20.6. The predicted molar refractivity (Wildman–Crippen MR) is 111 cm³/mol. The fourth-order valence-electron chi connectivity index (χ4n) is 3.44. The van der Waals surface area contributed by atoms with E-state index in [4.69, 9.17) is 21.1 Å². The fraction of sp³-hybridized carbons (Fsp3) is 0.250. The van der Waals surface area contributed by atoms with Gasteiger partial charge >= 0.3 is 0 Å². The van der Waals surface area contributed by atoms with Crippen LogP contribution in [0, 0.1) is 0 Å². The van der Waals surface area contributed by atoms with E-state index in [1.807, 2.05) is 0 Å². The van der Waals surface area contributed by atoms with Crippen molar-refractivity contribution < 1.29 is 23.9 Å². The van der Waals surface area contributed by atoms with Gasteiger partial charge in [-0.2, -0.15) is 5.11 Å². The second kappa shape index (κ2) is 8.23. The smallest absolute Gasteiger partial charge is 0.263 e. The minimum atomic E-state index is -0.994. The third kappa shape index (κ3) is 3.77. The molecule has 160 valence electrons. The van der Waals surface area contributed by atoms with Crippen molar-refractivity contribution in [2.24, 2.45) is 10.3 Å². The average Bonchev–Trinajstić information content (AvgIpc) is 3.28. The molecule has 2 aromatic rings. The summed E-state index contributed by atoms with van der Waals surface area (Å²) < 4.78 is 10.4. The van der Waals surface area contributed by atoms with Gasteiger partial charge in [-0.25, -0.2) is 4.90 Å². The molecule has 2 atom stereocenters. The summed E-state index contributed by atoms with van der Waals surface area (Å²) in [6.45, 7) is -0.271. The summed E-state index contributed by atoms with van der Waals surface area (Å²) in [5.74, 6) is -0.468. The molecule has 0 bridgehead atoms. The molecular formula is C20H18ClN5O5. The Labute approximate surface area is 182 Å². The zero-order valence-corrected chi connectivity index (χ0v) is 17.4. The molecule has 1 fully saturated rings. The quantitative estimate of drug-likeness (QED) is 0.685. The van der Waals surface area contributed by atoms with Crippen LogP contribution >= 0.6 is 11.6 Å². The zero-order valence-electron chi connectivity index (χ0n) is 16.6. The van der Waals surface area contributed by atoms with Gasteiger partial charge < -0.3 is 14.8 Å². The van der Waals surface area contributed by atoms with Crippen LogP contribution < -0.4 is 19.7 Å². The lowest BCUT2D eigenvalue weighted by atomic mass is 10.1. The third-order valence-corrected chi connectivity index (χ3v) is 5.18. The molecule has 1 N–H and O–H groups in total. The van der Waals surface area contributed by atoms with Crippen molar-refractivity contribution in [3.05, 3.63) is 47.5 Å². The maximum absolute atomic E-state index is 12.9. The van der Waals surface area contributed by atoms with Crippen molar-refractivity contribution in [2.45, 2.75) is 12.1 Å². The molecule has 0 saturated carbocycles. The van der Waals surface area contributed by atoms with E-state index in [1.165, 1.54) is 19.2 Å². The van der Waals surface area contributed by atoms with Crippen LogP contribution in [0.25, 0.3) is 0 Å². The van der Waals surface area contributed by atoms with Crippen molar-refractivity contribution in [2.75, 3.05) is 31.0 Å². The summed E-state index contributed by atoms with van der Waals surface area (Å²) in [5, 5.41) is 12.2. The summed E-state index contributed by atoms with van der Waals surface area (Å²) in [6.07, 6.45) is 0. The molecule has 2 aliphatic heterocycles. The minimum Gasteiger partial charge on any atom is -0.497 e. The van der Waals surface area contributed by atoms with Gasteiger partial charge in [-0.15, -0.1) is 0 Å². The Hall–Kier alpha value is -3.66. The molecule has 1 saturated heterocycles. The van der Waals surface area contributed by atoms with Crippen LogP contribution in [0.1, 0.15) is 0 Å². The highest BCUT2D eigenvalue weighted by molar-refractivity contribution is 6.31. The van der Waals surface area contributed by atoms with Gasteiger partial charge in [-0.05, 0) is 36.4 Å². The number of halogens is 1. The van der Waals surface area contributed by atoms with Crippen molar-refractivity contribution in [1.82, 2.24) is 5.01 Å². The van der Waals surface area contributed by atoms with Crippen LogP contribution in [0.2, 0.25) is 5.02 Å². The van der Waals surface area contributed by atoms with E-state index in [2.05, 4.69) is 15.7 Å². The number of methoxy groups -OCH3 is 2. The van der Waals surface area contributed by atoms with E-state index in [0.717, 1.165) is 4.90 Å². The van der Waals surface area contributed by atoms with Gasteiger partial charge in [-0.1, -0.05) is 16.8 Å². The molecule has 2 aromatic carbocycles. The van der Waals surface area contributed by atoms with Crippen molar-refractivity contribution >= 4 is 40.7 Å². The molecule has 31 heavy (non-hydrogen) atoms. The minimum absolute atomic E-state index is 0.271. The average molecular weight is 444 g/mol. The highest BCUT2D eigenvalue weighted by atomic mass is 35.5. The number of carbonyl (C=O) groups is 3. The van der Waals surface area contributed by atoms with Gasteiger partial charge in [0.25, 0.3) is 11.8 Å². The Kier molecular flexibility index (Phi) is 5.47. The predicted octanol–water partition coefficient (Wildman–Crippen LogP) is 2.29. The maximum atomic E-state index is 12.9. The molecule has 0 aliphatic carbocycles. The lowest BCUT2D eigenvalue weighted by Crippen LogP contribution is -2.43. The maximum Gasteiger partial charge on any atom is 0.263 e. The molecule has 0 spiro atoms. The number of imide groups is 1. The lowest BCUT2D eigenvalue weighted by molar-refractivity contribution is -0.123. The molecule has 4 rings (SSSR count). The number of nitrogens with one attached hydrogen (secondary N) is 1. The largest absolute Gasteiger partial charge is 0.497 e. The van der Waals surface area contributed by atoms with E-state index in [9.17, 15) is 14.4 Å². The van der Waals surface area contributed by atoms with Crippen LogP contribution in [-0.2, 0) is 14.4 Å². The SMILES string of the molecule is COc1ccc(NC(=O)CN2N=NC3C(=O)N(c4ccc(Cl)cc4)C(=O)C32)c(OC)c1. The van der Waals surface area contributed by atoms with E-state index >= 15 is 0 Å². The second-order valence-corrected chi connectivity index (χ2v) is 7.23. The van der Waals surface area contributed by atoms with Crippen LogP contribution in [0.3, 0.4) is 0 Å². The molecule has 10 nitrogen and oxygen atoms in total. The molecule has 0 radical (unpaired) electrons. The van der Waals surface area contributed by atoms with E-state index in [1.54, 1.807) is 42.5 Å². The molecular weight excluding hydrogens is 426 g/mol. The van der Waals surface area contributed by atoms with Crippen LogP contribution in [0.4, 0.5) is 11.4 Å². The number of rotatable bonds is 6. The molecule has 11 heteroatoms. The van der Waals surface area contributed by atoms with E-state index in [0.29, 0.717) is 27.9 Å². The van der Waals surface area contributed by atoms with Gasteiger partial charge in [0.15, 0.2) is 12.1 Å². The van der Waals surface area contributed by atoms with Crippen molar-refractivity contribution in [3.8, 4) is 11.5 Å². The highest BCUT2D eigenvalue weighted by Gasteiger charge is 2.55. The van der Waals surface area contributed by atoms with Gasteiger partial charge in [0.2, 0.25) is 5.91 Å². The van der Waals surface area contributed by atoms with Crippen molar-refractivity contribution in [1.29, 1.82) is 0 Å². The Morgan fingerprint density at radius 1 is 1.10 bits per heavy atom. The Balaban J connectivity index is 1.48. The number of fused-ring (bicyclic) bond motifs is 1. The Bertz CT molecular complexity index is 1070. The van der Waals surface area contributed by atoms with Crippen LogP contribution in [0.15, 0.2) is 52.8 Å². The zero-order chi connectivity index (χ0) is 22.1. The first-order valence-electron chi connectivity index (χ1n) is 9.25. The number of carbonyl (C=O) groups excluding carboxylic acids is 3. The number of benzene rings is 2. The van der Waals surface area contributed by atoms with Crippen molar-refractivity contribution in [3.63, 3.8) is 0 Å². The molecule has 3 amide bonds. The Morgan fingerprint density at radius 3 is 2.52 bits per heavy atom. The summed E-state index contributed by atoms with van der Waals surface area (Å²) in [6, 6.07) is 9.28. The number of amides is 3. The third-order valence-electron chi connectivity index (χ3n) is 4.93. The standard InChI is InChI=1S/C20H18ClN5O5/c1-30-13-7-8-14(15(9-13)31-2)22-16(27)10-25-18-17(23-24-25)19(28)26(20(18)29)12-5-3-11(21)4-6-12/h3-9,17-18H,10H2,1-2H3,(H,22,27). The number of hydrogen-bond donors (Lipinski definition) is 1. The highest BCUT2D eigenvalue weighted by Crippen LogP contribution is 2.33. The number of nitrogens with zero attached hydrogens (tertiary/aromatic N) is 4. The Morgan fingerprint density at radius 2 is 1.84 bits per heavy atom. The number of hydrogen-bond acceptors (Lipinski definition) is 8. The first-order valence-corrected chi connectivity index (χ1v) is 9.63. The van der Waals surface area contributed by atoms with Gasteiger partial charge in [0.05, 0.1) is 25.6 Å². The second-order valence-electron chi connectivity index (χ2n) is 6.79. The summed E-state index contributed by atoms with van der Waals surface area (Å²) in [5.41, 5.74) is 0.814. The van der Waals surface area contributed by atoms with Crippen LogP contribution in [-0.4, -0.2) is 55.6 Å². The summed E-state index contributed by atoms with van der Waals surface area (Å²) in [7, 11) is 2.99. The van der Waals surface area contributed by atoms with Gasteiger partial charge in [0.1, 0.15) is 18.0 Å². The van der Waals surface area contributed by atoms with Crippen LogP contribution in [0.5, 0.6) is 11.5 Å². The topological polar surface area (TPSA) is 113 Å². The van der Waals surface area contributed by atoms with Gasteiger partial charge in [0, 0.05) is 11.1 Å².